The molecule has 0 aromatic heterocycles. The van der Waals surface area contributed by atoms with Gasteiger partial charge in [-0.1, -0.05) is 0 Å². The van der Waals surface area contributed by atoms with Crippen molar-refractivity contribution in [2.75, 3.05) is 5.73 Å². The summed E-state index contributed by atoms with van der Waals surface area (Å²) >= 11 is 0. The smallest absolute Gasteiger partial charge is 0.241 e. The Labute approximate surface area is 97.8 Å². The average Bonchev–Trinajstić information content (AvgIpc) is 2.21. The van der Waals surface area contributed by atoms with Crippen molar-refractivity contribution in [3.8, 4) is 0 Å². The lowest BCUT2D eigenvalue weighted by Gasteiger charge is -2.11. The molecule has 1 amide bonds. The highest BCUT2D eigenvalue weighted by Crippen LogP contribution is 2.16. The van der Waals surface area contributed by atoms with E-state index in [0.29, 0.717) is 0 Å². The Morgan fingerprint density at radius 3 is 2.53 bits per heavy atom. The van der Waals surface area contributed by atoms with Crippen LogP contribution in [-0.4, -0.2) is 20.4 Å². The molecule has 94 valence electrons. The van der Waals surface area contributed by atoms with Crippen molar-refractivity contribution in [3.63, 3.8) is 0 Å². The van der Waals surface area contributed by atoms with Crippen LogP contribution >= 0.6 is 0 Å². The van der Waals surface area contributed by atoms with Crippen LogP contribution in [0.25, 0.3) is 0 Å². The number of nitrogen functional groups attached to an aromatic ring is 1. The van der Waals surface area contributed by atoms with Crippen molar-refractivity contribution in [2.24, 2.45) is 5.73 Å². The summed E-state index contributed by atoms with van der Waals surface area (Å²) in [4.78, 5) is 10.4. The summed E-state index contributed by atoms with van der Waals surface area (Å²) in [5.74, 6) is -1.68. The molecule has 1 unspecified atom stereocenters. The quantitative estimate of drug-likeness (QED) is 0.637. The molecule has 0 radical (unpaired) electrons. The first-order chi connectivity index (χ1) is 7.74. The molecule has 0 aliphatic heterocycles. The van der Waals surface area contributed by atoms with E-state index in [-0.39, 0.29) is 10.6 Å². The molecule has 0 spiro atoms. The Hall–Kier alpha value is -1.67. The summed E-state index contributed by atoms with van der Waals surface area (Å²) in [7, 11) is -3.99. The van der Waals surface area contributed by atoms with Crippen LogP contribution < -0.4 is 16.2 Å². The Morgan fingerprint density at radius 2 is 2.06 bits per heavy atom. The third-order valence-corrected chi connectivity index (χ3v) is 3.58. The number of rotatable bonds is 4. The highest BCUT2D eigenvalue weighted by Gasteiger charge is 2.21. The van der Waals surface area contributed by atoms with E-state index in [2.05, 4.69) is 0 Å². The SMILES string of the molecule is CC(NS(=O)(=O)c1ccc(N)c(F)c1)C(N)=O. The molecule has 0 heterocycles. The third-order valence-electron chi connectivity index (χ3n) is 2.04. The molecule has 1 atom stereocenters. The second-order valence-corrected chi connectivity index (χ2v) is 5.14. The monoisotopic (exact) mass is 261 g/mol. The Kier molecular flexibility index (Phi) is 3.69. The highest BCUT2D eigenvalue weighted by molar-refractivity contribution is 7.89. The van der Waals surface area contributed by atoms with E-state index < -0.39 is 27.8 Å². The predicted octanol–water partition coefficient (Wildman–Crippen LogP) is -0.440. The molecular weight excluding hydrogens is 249 g/mol. The predicted molar refractivity (Wildman–Crippen MR) is 59.8 cm³/mol. The zero-order valence-electron chi connectivity index (χ0n) is 8.98. The van der Waals surface area contributed by atoms with Gasteiger partial charge in [0.15, 0.2) is 0 Å². The lowest BCUT2D eigenvalue weighted by atomic mass is 10.3. The van der Waals surface area contributed by atoms with E-state index in [1.54, 1.807) is 0 Å². The fourth-order valence-electron chi connectivity index (χ4n) is 1.03. The molecule has 17 heavy (non-hydrogen) atoms. The minimum atomic E-state index is -3.99. The van der Waals surface area contributed by atoms with Crippen LogP contribution in [0.1, 0.15) is 6.92 Å². The molecular formula is C9H12FN3O3S. The number of carbonyl (C=O) groups is 1. The van der Waals surface area contributed by atoms with Gasteiger partial charge in [-0.3, -0.25) is 4.79 Å². The van der Waals surface area contributed by atoms with Gasteiger partial charge < -0.3 is 11.5 Å². The van der Waals surface area contributed by atoms with Crippen molar-refractivity contribution < 1.29 is 17.6 Å². The number of benzene rings is 1. The number of anilines is 1. The van der Waals surface area contributed by atoms with Gasteiger partial charge in [-0.25, -0.2) is 12.8 Å². The van der Waals surface area contributed by atoms with Gasteiger partial charge in [-0.05, 0) is 25.1 Å². The molecule has 0 aliphatic carbocycles. The molecule has 8 heteroatoms. The largest absolute Gasteiger partial charge is 0.396 e. The summed E-state index contributed by atoms with van der Waals surface area (Å²) in [6.07, 6.45) is 0. The van der Waals surface area contributed by atoms with Gasteiger partial charge in [0, 0.05) is 0 Å². The molecule has 1 aromatic rings. The third kappa shape index (κ3) is 3.14. The van der Waals surface area contributed by atoms with Crippen LogP contribution in [-0.2, 0) is 14.8 Å². The van der Waals surface area contributed by atoms with Crippen LogP contribution in [0.4, 0.5) is 10.1 Å². The maximum absolute atomic E-state index is 13.1. The minimum Gasteiger partial charge on any atom is -0.396 e. The second-order valence-electron chi connectivity index (χ2n) is 3.43. The van der Waals surface area contributed by atoms with Gasteiger partial charge in [0.2, 0.25) is 15.9 Å². The highest BCUT2D eigenvalue weighted by atomic mass is 32.2. The fraction of sp³-hybridized carbons (Fsp3) is 0.222. The maximum atomic E-state index is 13.1. The van der Waals surface area contributed by atoms with E-state index in [4.69, 9.17) is 11.5 Å². The van der Waals surface area contributed by atoms with E-state index in [1.807, 2.05) is 4.72 Å². The van der Waals surface area contributed by atoms with Gasteiger partial charge in [-0.2, -0.15) is 4.72 Å². The first-order valence-corrected chi connectivity index (χ1v) is 6.09. The summed E-state index contributed by atoms with van der Waals surface area (Å²) in [5, 5.41) is 0. The molecule has 0 saturated heterocycles. The number of nitrogens with two attached hydrogens (primary N) is 2. The zero-order chi connectivity index (χ0) is 13.2. The van der Waals surface area contributed by atoms with Gasteiger partial charge in [-0.15, -0.1) is 0 Å². The number of carbonyl (C=O) groups excluding carboxylic acids is 1. The number of sulfonamides is 1. The number of primary amides is 1. The Bertz CT molecular complexity index is 544. The van der Waals surface area contributed by atoms with E-state index in [0.717, 1.165) is 18.2 Å². The fourth-order valence-corrected chi connectivity index (χ4v) is 2.26. The summed E-state index contributed by atoms with van der Waals surface area (Å²) in [6, 6.07) is 1.94. The van der Waals surface area contributed by atoms with Crippen LogP contribution in [0.2, 0.25) is 0 Å². The maximum Gasteiger partial charge on any atom is 0.241 e. The molecule has 6 nitrogen and oxygen atoms in total. The first kappa shape index (κ1) is 13.4. The van der Waals surface area contributed by atoms with Gasteiger partial charge in [0.05, 0.1) is 16.6 Å². The minimum absolute atomic E-state index is 0.160. The van der Waals surface area contributed by atoms with Gasteiger partial charge in [0.1, 0.15) is 5.82 Å². The summed E-state index contributed by atoms with van der Waals surface area (Å²) in [5.41, 5.74) is 9.97. The lowest BCUT2D eigenvalue weighted by molar-refractivity contribution is -0.119. The van der Waals surface area contributed by atoms with Crippen LogP contribution in [0, 0.1) is 5.82 Å². The normalized spacial score (nSPS) is 13.3. The molecule has 0 aliphatic rings. The van der Waals surface area contributed by atoms with E-state index in [9.17, 15) is 17.6 Å². The number of hydrogen-bond donors (Lipinski definition) is 3. The number of amides is 1. The van der Waals surface area contributed by atoms with Crippen molar-refractivity contribution in [2.45, 2.75) is 17.9 Å². The zero-order valence-corrected chi connectivity index (χ0v) is 9.79. The summed E-state index contributed by atoms with van der Waals surface area (Å²) in [6.45, 7) is 1.29. The molecule has 1 rings (SSSR count). The van der Waals surface area contributed by atoms with Crippen LogP contribution in [0.3, 0.4) is 0 Å². The van der Waals surface area contributed by atoms with Crippen molar-refractivity contribution >= 4 is 21.6 Å². The van der Waals surface area contributed by atoms with Gasteiger partial charge >= 0.3 is 0 Å². The number of halogens is 1. The Balaban J connectivity index is 3.05. The molecule has 0 bridgehead atoms. The summed E-state index contributed by atoms with van der Waals surface area (Å²) < 4.78 is 38.5. The molecule has 1 aromatic carbocycles. The van der Waals surface area contributed by atoms with Crippen LogP contribution in [0.15, 0.2) is 23.1 Å². The van der Waals surface area contributed by atoms with Crippen molar-refractivity contribution in [1.82, 2.24) is 4.72 Å². The van der Waals surface area contributed by atoms with E-state index in [1.165, 1.54) is 6.92 Å². The molecule has 5 N–H and O–H groups in total. The molecule has 0 saturated carbocycles. The lowest BCUT2D eigenvalue weighted by Crippen LogP contribution is -2.42. The first-order valence-electron chi connectivity index (χ1n) is 4.60. The van der Waals surface area contributed by atoms with Crippen LogP contribution in [0.5, 0.6) is 0 Å². The van der Waals surface area contributed by atoms with Crippen molar-refractivity contribution in [3.05, 3.63) is 24.0 Å². The average molecular weight is 261 g/mol. The van der Waals surface area contributed by atoms with E-state index >= 15 is 0 Å². The molecule has 0 fully saturated rings. The Morgan fingerprint density at radius 1 is 1.47 bits per heavy atom. The standard InChI is InChI=1S/C9H12FN3O3S/c1-5(9(12)14)13-17(15,16)6-2-3-8(11)7(10)4-6/h2-5,13H,11H2,1H3,(H2,12,14). The van der Waals surface area contributed by atoms with Crippen molar-refractivity contribution in [1.29, 1.82) is 0 Å². The second kappa shape index (κ2) is 4.68. The number of nitrogens with one attached hydrogen (secondary N) is 1. The van der Waals surface area contributed by atoms with Gasteiger partial charge in [0.25, 0.3) is 0 Å². The number of hydrogen-bond acceptors (Lipinski definition) is 4. The topological polar surface area (TPSA) is 115 Å².